The number of hydrogen-bond donors (Lipinski definition) is 1. The zero-order valence-corrected chi connectivity index (χ0v) is 14.7. The summed E-state index contributed by atoms with van der Waals surface area (Å²) in [6, 6.07) is 5.69. The fourth-order valence-electron chi connectivity index (χ4n) is 1.58. The molecule has 0 unspecified atom stereocenters. The van der Waals surface area contributed by atoms with Crippen molar-refractivity contribution in [3.8, 4) is 0 Å². The van der Waals surface area contributed by atoms with Gasteiger partial charge >= 0.3 is 5.69 Å². The van der Waals surface area contributed by atoms with E-state index in [9.17, 15) is 13.2 Å². The molecular weight excluding hydrogens is 368 g/mol. The Morgan fingerprint density at radius 2 is 2.14 bits per heavy atom. The summed E-state index contributed by atoms with van der Waals surface area (Å²) in [5.41, 5.74) is -0.539. The Bertz CT molecular complexity index is 888. The number of benzene rings is 1. The van der Waals surface area contributed by atoms with Gasteiger partial charge in [0.1, 0.15) is 0 Å². The van der Waals surface area contributed by atoms with Gasteiger partial charge in [0.2, 0.25) is 5.11 Å². The van der Waals surface area contributed by atoms with Crippen molar-refractivity contribution in [2.45, 2.75) is 10.1 Å². The first-order valence-electron chi connectivity index (χ1n) is 5.79. The van der Waals surface area contributed by atoms with Gasteiger partial charge in [0, 0.05) is 12.1 Å². The van der Waals surface area contributed by atoms with E-state index in [0.717, 1.165) is 4.68 Å². The van der Waals surface area contributed by atoms with E-state index < -0.39 is 15.7 Å². The lowest BCUT2D eigenvalue weighted by molar-refractivity contribution is 0.591. The average Bonchev–Trinajstić information content (AvgIpc) is 2.74. The van der Waals surface area contributed by atoms with Gasteiger partial charge in [-0.05, 0) is 36.7 Å². The molecule has 0 fully saturated rings. The molecule has 1 heterocycles. The summed E-state index contributed by atoms with van der Waals surface area (Å²) in [6.07, 6.45) is 1.74. The quantitative estimate of drug-likeness (QED) is 0.635. The van der Waals surface area contributed by atoms with E-state index in [1.807, 2.05) is 0 Å². The highest BCUT2D eigenvalue weighted by atomic mass is 35.5. The Morgan fingerprint density at radius 1 is 1.45 bits per heavy atom. The van der Waals surface area contributed by atoms with Crippen molar-refractivity contribution in [2.75, 3.05) is 6.26 Å². The van der Waals surface area contributed by atoms with Crippen molar-refractivity contribution in [3.05, 3.63) is 39.8 Å². The number of rotatable bonds is 3. The zero-order valence-electron chi connectivity index (χ0n) is 11.5. The average molecular weight is 379 g/mol. The predicted octanol–water partition coefficient (Wildman–Crippen LogP) is 1.07. The number of thioether (sulfide) groups is 1. The topological polar surface area (TPSA) is 86.0 Å². The third-order valence-electron chi connectivity index (χ3n) is 2.64. The van der Waals surface area contributed by atoms with Crippen molar-refractivity contribution >= 4 is 50.7 Å². The maximum absolute atomic E-state index is 12.2. The fourth-order valence-corrected chi connectivity index (χ4v) is 3.77. The molecule has 118 valence electrons. The second-order valence-electron chi connectivity index (χ2n) is 4.11. The fraction of sp³-hybridized carbons (Fsp3) is 0.182. The van der Waals surface area contributed by atoms with Gasteiger partial charge in [-0.25, -0.2) is 13.2 Å². The summed E-state index contributed by atoms with van der Waals surface area (Å²) < 4.78 is 28.7. The van der Waals surface area contributed by atoms with Gasteiger partial charge in [0.25, 0.3) is 10.0 Å². The molecule has 1 aromatic heterocycles. The maximum Gasteiger partial charge on any atom is 0.353 e. The second-order valence-corrected chi connectivity index (χ2v) is 7.39. The van der Waals surface area contributed by atoms with E-state index in [0.29, 0.717) is 5.16 Å². The molecule has 0 aliphatic rings. The van der Waals surface area contributed by atoms with Gasteiger partial charge in [-0.2, -0.15) is 4.68 Å². The SMILES string of the molecule is CSc1nn(C(=S)NS(=O)(=O)c2cccc(Cl)c2)c(=O)n1C. The lowest BCUT2D eigenvalue weighted by Crippen LogP contribution is -2.40. The minimum Gasteiger partial charge on any atom is -0.273 e. The van der Waals surface area contributed by atoms with Gasteiger partial charge in [-0.1, -0.05) is 29.4 Å². The zero-order chi connectivity index (χ0) is 16.5. The molecule has 2 rings (SSSR count). The first kappa shape index (κ1) is 17.0. The minimum absolute atomic E-state index is 0.0589. The van der Waals surface area contributed by atoms with Gasteiger partial charge in [-0.15, -0.1) is 5.10 Å². The molecular formula is C11H11ClN4O3S3. The van der Waals surface area contributed by atoms with Crippen LogP contribution in [0.4, 0.5) is 0 Å². The summed E-state index contributed by atoms with van der Waals surface area (Å²) >= 11 is 12.0. The molecule has 0 amide bonds. The molecule has 0 saturated heterocycles. The lowest BCUT2D eigenvalue weighted by atomic mass is 10.4. The van der Waals surface area contributed by atoms with Crippen LogP contribution in [0.1, 0.15) is 0 Å². The molecule has 0 aliphatic heterocycles. The van der Waals surface area contributed by atoms with Crippen LogP contribution in [0, 0.1) is 0 Å². The number of aromatic nitrogens is 3. The van der Waals surface area contributed by atoms with E-state index in [1.165, 1.54) is 41.6 Å². The van der Waals surface area contributed by atoms with Crippen molar-refractivity contribution < 1.29 is 8.42 Å². The monoisotopic (exact) mass is 378 g/mol. The molecule has 0 radical (unpaired) electrons. The Balaban J connectivity index is 2.34. The summed E-state index contributed by atoms with van der Waals surface area (Å²) in [4.78, 5) is 11.9. The molecule has 1 aromatic carbocycles. The van der Waals surface area contributed by atoms with Crippen molar-refractivity contribution in [2.24, 2.45) is 7.05 Å². The molecule has 0 aliphatic carbocycles. The van der Waals surface area contributed by atoms with Gasteiger partial charge in [-0.3, -0.25) is 9.29 Å². The summed E-state index contributed by atoms with van der Waals surface area (Å²) in [5, 5.41) is 4.31. The van der Waals surface area contributed by atoms with E-state index in [-0.39, 0.29) is 15.0 Å². The van der Waals surface area contributed by atoms with Gasteiger partial charge in [0.15, 0.2) is 5.16 Å². The van der Waals surface area contributed by atoms with Crippen molar-refractivity contribution in [3.63, 3.8) is 0 Å². The maximum atomic E-state index is 12.2. The van der Waals surface area contributed by atoms with Crippen molar-refractivity contribution in [1.82, 2.24) is 19.1 Å². The largest absolute Gasteiger partial charge is 0.353 e. The minimum atomic E-state index is -3.95. The third-order valence-corrected chi connectivity index (χ3v) is 5.34. The summed E-state index contributed by atoms with van der Waals surface area (Å²) in [7, 11) is -2.43. The first-order valence-corrected chi connectivity index (χ1v) is 9.28. The third kappa shape index (κ3) is 3.35. The van der Waals surface area contributed by atoms with Crippen molar-refractivity contribution in [1.29, 1.82) is 0 Å². The molecule has 0 bridgehead atoms. The van der Waals surface area contributed by atoms with Crippen LogP contribution in [0.5, 0.6) is 0 Å². The van der Waals surface area contributed by atoms with Crippen LogP contribution in [0.3, 0.4) is 0 Å². The summed E-state index contributed by atoms with van der Waals surface area (Å²) in [6.45, 7) is 0. The van der Waals surface area contributed by atoms with E-state index in [1.54, 1.807) is 12.3 Å². The summed E-state index contributed by atoms with van der Waals surface area (Å²) in [5.74, 6) is 0. The molecule has 7 nitrogen and oxygen atoms in total. The standard InChI is InChI=1S/C11H11ClN4O3S3/c1-15-10(21-2)13-16(11(15)17)9(20)14-22(18,19)8-5-3-4-7(12)6-8/h3-6H,1-2H3,(H,14,20). The second kappa shape index (κ2) is 6.41. The highest BCUT2D eigenvalue weighted by Gasteiger charge is 2.20. The van der Waals surface area contributed by atoms with Crippen LogP contribution in [0.25, 0.3) is 0 Å². The van der Waals surface area contributed by atoms with E-state index in [4.69, 9.17) is 23.8 Å². The van der Waals surface area contributed by atoms with E-state index in [2.05, 4.69) is 9.82 Å². The van der Waals surface area contributed by atoms with Crippen LogP contribution >= 0.6 is 35.6 Å². The Kier molecular flexibility index (Phi) is 4.95. The number of nitrogens with zero attached hydrogens (tertiary/aromatic N) is 3. The van der Waals surface area contributed by atoms with Crippen LogP contribution < -0.4 is 10.4 Å². The number of hydrogen-bond acceptors (Lipinski definition) is 6. The van der Waals surface area contributed by atoms with Crippen LogP contribution in [-0.2, 0) is 17.1 Å². The molecule has 0 spiro atoms. The molecule has 22 heavy (non-hydrogen) atoms. The smallest absolute Gasteiger partial charge is 0.273 e. The predicted molar refractivity (Wildman–Crippen MR) is 89.0 cm³/mol. The molecule has 11 heteroatoms. The first-order chi connectivity index (χ1) is 10.3. The lowest BCUT2D eigenvalue weighted by Gasteiger charge is -2.08. The Morgan fingerprint density at radius 3 is 2.68 bits per heavy atom. The Labute approximate surface area is 141 Å². The van der Waals surface area contributed by atoms with Crippen LogP contribution in [-0.4, -0.2) is 34.1 Å². The normalized spacial score (nSPS) is 11.4. The molecule has 0 saturated carbocycles. The highest BCUT2D eigenvalue weighted by molar-refractivity contribution is 7.98. The number of thiocarbonyl (C=S) groups is 1. The number of sulfonamides is 1. The van der Waals surface area contributed by atoms with Crippen LogP contribution in [0.2, 0.25) is 5.02 Å². The van der Waals surface area contributed by atoms with Gasteiger partial charge < -0.3 is 0 Å². The number of halogens is 1. The molecule has 2 aromatic rings. The van der Waals surface area contributed by atoms with Crippen LogP contribution in [0.15, 0.2) is 39.1 Å². The highest BCUT2D eigenvalue weighted by Crippen LogP contribution is 2.15. The molecule has 1 N–H and O–H groups in total. The van der Waals surface area contributed by atoms with Gasteiger partial charge in [0.05, 0.1) is 4.90 Å². The number of nitrogens with one attached hydrogen (secondary N) is 1. The van der Waals surface area contributed by atoms with E-state index >= 15 is 0 Å². The Hall–Kier alpha value is -1.36. The molecule has 0 atom stereocenters.